The molecule has 4 aromatic carbocycles. The van der Waals surface area contributed by atoms with Gasteiger partial charge in [0.15, 0.2) is 16.7 Å². The Morgan fingerprint density at radius 3 is 2.35 bits per heavy atom. The normalized spacial score (nSPS) is 15.0. The molecule has 1 aliphatic heterocycles. The topological polar surface area (TPSA) is 89.0 Å². The van der Waals surface area contributed by atoms with E-state index in [1.54, 1.807) is 30.3 Å². The highest BCUT2D eigenvalue weighted by molar-refractivity contribution is 7.22. The maximum absolute atomic E-state index is 13.6. The van der Waals surface area contributed by atoms with E-state index in [1.807, 2.05) is 85.8 Å². The third-order valence-corrected chi connectivity index (χ3v) is 8.03. The van der Waals surface area contributed by atoms with Crippen LogP contribution in [0, 0.1) is 0 Å². The number of aliphatic hydroxyl groups is 1. The van der Waals surface area contributed by atoms with E-state index in [9.17, 15) is 14.7 Å². The van der Waals surface area contributed by atoms with Crippen molar-refractivity contribution in [3.05, 3.63) is 137 Å². The predicted octanol–water partition coefficient (Wildman–Crippen LogP) is 7.46. The van der Waals surface area contributed by atoms with Crippen LogP contribution in [0.1, 0.15) is 29.7 Å². The number of nitrogens with zero attached hydrogens (tertiary/aromatic N) is 2. The summed E-state index contributed by atoms with van der Waals surface area (Å²) in [4.78, 5) is 33.3. The minimum Gasteiger partial charge on any atom is -0.503 e. The highest BCUT2D eigenvalue weighted by Gasteiger charge is 2.45. The molecule has 0 radical (unpaired) electrons. The molecule has 1 unspecified atom stereocenters. The zero-order valence-electron chi connectivity index (χ0n) is 23.3. The van der Waals surface area contributed by atoms with Gasteiger partial charge in [0.05, 0.1) is 28.4 Å². The molecule has 1 aliphatic rings. The molecule has 6 rings (SSSR count). The number of fused-ring (bicyclic) bond motifs is 1. The number of hydrogen-bond donors (Lipinski definition) is 1. The zero-order valence-corrected chi connectivity index (χ0v) is 24.2. The van der Waals surface area contributed by atoms with Gasteiger partial charge in [0.25, 0.3) is 5.91 Å². The summed E-state index contributed by atoms with van der Waals surface area (Å²) in [6.45, 7) is 2.83. The van der Waals surface area contributed by atoms with Gasteiger partial charge < -0.3 is 14.6 Å². The maximum Gasteiger partial charge on any atom is 0.296 e. The van der Waals surface area contributed by atoms with Crippen LogP contribution in [0.3, 0.4) is 0 Å². The van der Waals surface area contributed by atoms with Crippen molar-refractivity contribution in [2.45, 2.75) is 19.6 Å². The number of amides is 1. The van der Waals surface area contributed by atoms with Crippen molar-refractivity contribution < 1.29 is 24.2 Å². The van der Waals surface area contributed by atoms with Crippen LogP contribution in [0.25, 0.3) is 16.3 Å². The largest absolute Gasteiger partial charge is 0.503 e. The lowest BCUT2D eigenvalue weighted by Crippen LogP contribution is -2.30. The Bertz CT molecular complexity index is 1830. The Morgan fingerprint density at radius 1 is 0.930 bits per heavy atom. The van der Waals surface area contributed by atoms with Gasteiger partial charge in [-0.2, -0.15) is 0 Å². The molecule has 0 saturated carbocycles. The van der Waals surface area contributed by atoms with Crippen molar-refractivity contribution in [1.82, 2.24) is 4.98 Å². The molecule has 1 aromatic heterocycles. The lowest BCUT2D eigenvalue weighted by atomic mass is 9.95. The number of carbonyl (C=O) groups excluding carboxylic acids is 2. The van der Waals surface area contributed by atoms with Gasteiger partial charge in [-0.25, -0.2) is 4.98 Å². The van der Waals surface area contributed by atoms with E-state index in [4.69, 9.17) is 14.5 Å². The molecule has 7 nitrogen and oxygen atoms in total. The number of aliphatic hydroxyl groups excluding tert-OH is 1. The van der Waals surface area contributed by atoms with E-state index in [0.717, 1.165) is 15.8 Å². The second kappa shape index (κ2) is 12.3. The van der Waals surface area contributed by atoms with E-state index in [-0.39, 0.29) is 5.57 Å². The molecule has 0 saturated heterocycles. The Kier molecular flexibility index (Phi) is 8.02. The summed E-state index contributed by atoms with van der Waals surface area (Å²) >= 11 is 1.29. The molecule has 43 heavy (non-hydrogen) atoms. The number of benzene rings is 4. The minimum absolute atomic E-state index is 0.00982. The molecule has 1 amide bonds. The van der Waals surface area contributed by atoms with Gasteiger partial charge in [-0.15, -0.1) is 0 Å². The Morgan fingerprint density at radius 2 is 1.63 bits per heavy atom. The first-order valence-corrected chi connectivity index (χ1v) is 14.7. The summed E-state index contributed by atoms with van der Waals surface area (Å²) < 4.78 is 12.4. The fourth-order valence-corrected chi connectivity index (χ4v) is 5.96. The van der Waals surface area contributed by atoms with Crippen LogP contribution in [0.15, 0.2) is 121 Å². The van der Waals surface area contributed by atoms with E-state index >= 15 is 0 Å². The second-order valence-corrected chi connectivity index (χ2v) is 10.9. The van der Waals surface area contributed by atoms with Crippen LogP contribution >= 0.6 is 11.3 Å². The third kappa shape index (κ3) is 5.91. The summed E-state index contributed by atoms with van der Waals surface area (Å²) in [5.41, 5.74) is 3.17. The van der Waals surface area contributed by atoms with Crippen LogP contribution in [0.4, 0.5) is 5.13 Å². The number of rotatable bonds is 10. The van der Waals surface area contributed by atoms with E-state index in [0.29, 0.717) is 40.9 Å². The summed E-state index contributed by atoms with van der Waals surface area (Å²) in [6, 6.07) is 31.0. The van der Waals surface area contributed by atoms with Gasteiger partial charge in [-0.1, -0.05) is 90.2 Å². The fourth-order valence-electron chi connectivity index (χ4n) is 4.94. The molecule has 5 aromatic rings. The van der Waals surface area contributed by atoms with Crippen molar-refractivity contribution >= 4 is 44.5 Å². The molecule has 0 bridgehead atoms. The van der Waals surface area contributed by atoms with Crippen LogP contribution < -0.4 is 14.4 Å². The molecule has 1 atom stereocenters. The van der Waals surface area contributed by atoms with Crippen molar-refractivity contribution in [3.8, 4) is 11.5 Å². The van der Waals surface area contributed by atoms with Gasteiger partial charge in [-0.3, -0.25) is 14.5 Å². The molecule has 0 spiro atoms. The maximum atomic E-state index is 13.6. The summed E-state index contributed by atoms with van der Waals surface area (Å²) in [5, 5.41) is 11.5. The lowest BCUT2D eigenvalue weighted by Gasteiger charge is -2.24. The van der Waals surface area contributed by atoms with Crippen molar-refractivity contribution in [1.29, 1.82) is 0 Å². The van der Waals surface area contributed by atoms with E-state index in [1.165, 1.54) is 22.3 Å². The quantitative estimate of drug-likeness (QED) is 0.170. The molecule has 0 fully saturated rings. The number of hydrogen-bond acceptors (Lipinski definition) is 7. The number of anilines is 1. The molecule has 0 aliphatic carbocycles. The number of ether oxygens (including phenoxy) is 2. The molecule has 214 valence electrons. The monoisotopic (exact) mass is 588 g/mol. The zero-order chi connectivity index (χ0) is 29.8. The summed E-state index contributed by atoms with van der Waals surface area (Å²) in [7, 11) is 0. The molecule has 8 heteroatoms. The Balaban J connectivity index is 1.36. The number of allylic oxidation sites excluding steroid dienone is 1. The minimum atomic E-state index is -0.893. The van der Waals surface area contributed by atoms with Crippen molar-refractivity contribution in [2.75, 3.05) is 11.5 Å². The molecular formula is C35H28N2O5S. The first-order chi connectivity index (χ1) is 21.0. The van der Waals surface area contributed by atoms with Gasteiger partial charge in [0.1, 0.15) is 18.1 Å². The van der Waals surface area contributed by atoms with Gasteiger partial charge >= 0.3 is 0 Å². The lowest BCUT2D eigenvalue weighted by molar-refractivity contribution is -0.117. The van der Waals surface area contributed by atoms with Crippen molar-refractivity contribution in [3.63, 3.8) is 0 Å². The van der Waals surface area contributed by atoms with Crippen LogP contribution in [-0.4, -0.2) is 28.4 Å². The SMILES string of the molecule is CCOc1ccc2nc(N3C(=O)C(O)=C(C(=O)/C=C/c4ccccc4)C3c3ccc(OCc4ccccc4)cc3)sc2c1. The van der Waals surface area contributed by atoms with Crippen molar-refractivity contribution in [2.24, 2.45) is 0 Å². The highest BCUT2D eigenvalue weighted by Crippen LogP contribution is 2.44. The number of aromatic nitrogens is 1. The summed E-state index contributed by atoms with van der Waals surface area (Å²) in [5.74, 6) is -0.409. The number of thiazole rings is 1. The Hall–Kier alpha value is -5.21. The smallest absolute Gasteiger partial charge is 0.296 e. The standard InChI is InChI=1S/C35H28N2O5S/c1-2-41-27-18-19-28-30(21-27)43-35(36-28)37-32(25-14-16-26(17-15-25)42-22-24-11-7-4-8-12-24)31(33(39)34(37)40)29(38)20-13-23-9-5-3-6-10-23/h3-21,32,39H,2,22H2,1H3/b20-13+. The second-order valence-electron chi connectivity index (χ2n) is 9.85. The van der Waals surface area contributed by atoms with Crippen LogP contribution in [0.2, 0.25) is 0 Å². The highest BCUT2D eigenvalue weighted by atomic mass is 32.1. The first kappa shape index (κ1) is 27.9. The van der Waals surface area contributed by atoms with Gasteiger partial charge in [0.2, 0.25) is 0 Å². The van der Waals surface area contributed by atoms with Gasteiger partial charge in [0, 0.05) is 0 Å². The van der Waals surface area contributed by atoms with Crippen LogP contribution in [-0.2, 0) is 16.2 Å². The third-order valence-electron chi connectivity index (χ3n) is 7.01. The number of carbonyl (C=O) groups is 2. The average molecular weight is 589 g/mol. The van der Waals surface area contributed by atoms with E-state index in [2.05, 4.69) is 0 Å². The first-order valence-electron chi connectivity index (χ1n) is 13.9. The predicted molar refractivity (Wildman–Crippen MR) is 168 cm³/mol. The number of ketones is 1. The van der Waals surface area contributed by atoms with E-state index < -0.39 is 23.5 Å². The Labute approximate surface area is 253 Å². The summed E-state index contributed by atoms with van der Waals surface area (Å²) in [6.07, 6.45) is 3.05. The average Bonchev–Trinajstić information content (AvgIpc) is 3.57. The van der Waals surface area contributed by atoms with Gasteiger partial charge in [-0.05, 0) is 60.0 Å². The fraction of sp³-hybridized carbons (Fsp3) is 0.114. The molecular weight excluding hydrogens is 560 g/mol. The van der Waals surface area contributed by atoms with Crippen LogP contribution in [0.5, 0.6) is 11.5 Å². The molecule has 1 N–H and O–H groups in total. The molecule has 2 heterocycles.